The molecular formula is C18H19F3N4O. The van der Waals surface area contributed by atoms with E-state index in [2.05, 4.69) is 20.2 Å². The molecule has 0 saturated carbocycles. The van der Waals surface area contributed by atoms with Crippen molar-refractivity contribution in [3.05, 3.63) is 41.7 Å². The van der Waals surface area contributed by atoms with Gasteiger partial charge in [-0.1, -0.05) is 6.07 Å². The van der Waals surface area contributed by atoms with Gasteiger partial charge in [0.05, 0.1) is 0 Å². The number of aromatic nitrogens is 2. The number of piperidine rings is 1. The number of nitrogens with one attached hydrogen (secondary N) is 1. The number of Topliss-reactive ketones (excluding diaryl/α,β-unsaturated/α-hetero) is 1. The molecule has 138 valence electrons. The van der Waals surface area contributed by atoms with E-state index in [1.807, 2.05) is 26.0 Å². The van der Waals surface area contributed by atoms with Crippen LogP contribution in [0.4, 0.5) is 30.5 Å². The maximum absolute atomic E-state index is 12.8. The van der Waals surface area contributed by atoms with Crippen molar-refractivity contribution in [2.45, 2.75) is 38.9 Å². The summed E-state index contributed by atoms with van der Waals surface area (Å²) in [4.78, 5) is 21.1. The fourth-order valence-electron chi connectivity index (χ4n) is 3.07. The Morgan fingerprint density at radius 1 is 1.27 bits per heavy atom. The Morgan fingerprint density at radius 2 is 2.04 bits per heavy atom. The summed E-state index contributed by atoms with van der Waals surface area (Å²) < 4.78 is 38.4. The van der Waals surface area contributed by atoms with Crippen LogP contribution in [0.3, 0.4) is 0 Å². The molecule has 8 heteroatoms. The average molecular weight is 364 g/mol. The Bertz CT molecular complexity index is 822. The molecule has 1 N–H and O–H groups in total. The highest BCUT2D eigenvalue weighted by atomic mass is 19.4. The molecule has 3 rings (SSSR count). The molecule has 1 aromatic carbocycles. The predicted octanol–water partition coefficient (Wildman–Crippen LogP) is 4.11. The van der Waals surface area contributed by atoms with Gasteiger partial charge >= 0.3 is 6.18 Å². The van der Waals surface area contributed by atoms with Crippen molar-refractivity contribution in [3.63, 3.8) is 0 Å². The first kappa shape index (κ1) is 18.2. The highest BCUT2D eigenvalue weighted by Crippen LogP contribution is 2.31. The van der Waals surface area contributed by atoms with Crippen LogP contribution in [-0.2, 0) is 11.0 Å². The van der Waals surface area contributed by atoms with E-state index in [1.54, 1.807) is 6.07 Å². The summed E-state index contributed by atoms with van der Waals surface area (Å²) >= 11 is 0. The van der Waals surface area contributed by atoms with E-state index in [1.165, 1.54) is 0 Å². The number of carbonyl (C=O) groups excluding carboxylic acids is 1. The van der Waals surface area contributed by atoms with E-state index in [4.69, 9.17) is 0 Å². The summed E-state index contributed by atoms with van der Waals surface area (Å²) in [6, 6.07) is 6.41. The first-order valence-electron chi connectivity index (χ1n) is 8.30. The van der Waals surface area contributed by atoms with Gasteiger partial charge in [0.15, 0.2) is 0 Å². The number of nitrogens with zero attached hydrogens (tertiary/aromatic N) is 3. The third-order valence-corrected chi connectivity index (χ3v) is 4.41. The minimum atomic E-state index is -4.52. The second-order valence-corrected chi connectivity index (χ2v) is 6.42. The molecule has 0 radical (unpaired) electrons. The number of halogens is 3. The molecule has 2 aromatic rings. The summed E-state index contributed by atoms with van der Waals surface area (Å²) in [6.07, 6.45) is -2.45. The largest absolute Gasteiger partial charge is 0.433 e. The molecule has 1 fully saturated rings. The van der Waals surface area contributed by atoms with Gasteiger partial charge in [-0.05, 0) is 37.6 Å². The number of benzene rings is 1. The Balaban J connectivity index is 1.85. The van der Waals surface area contributed by atoms with E-state index in [-0.39, 0.29) is 17.8 Å². The molecule has 0 bridgehead atoms. The Morgan fingerprint density at radius 3 is 2.73 bits per heavy atom. The van der Waals surface area contributed by atoms with Gasteiger partial charge in [-0.15, -0.1) is 0 Å². The maximum atomic E-state index is 12.8. The van der Waals surface area contributed by atoms with Crippen LogP contribution in [0.15, 0.2) is 30.5 Å². The number of hydrogen-bond donors (Lipinski definition) is 1. The van der Waals surface area contributed by atoms with Gasteiger partial charge in [0.2, 0.25) is 5.95 Å². The number of aryl methyl sites for hydroxylation is 1. The molecule has 1 aliphatic heterocycles. The monoisotopic (exact) mass is 364 g/mol. The van der Waals surface area contributed by atoms with Crippen LogP contribution < -0.4 is 10.2 Å². The maximum Gasteiger partial charge on any atom is 0.433 e. The van der Waals surface area contributed by atoms with Crippen LogP contribution in [0.25, 0.3) is 0 Å². The summed E-state index contributed by atoms with van der Waals surface area (Å²) in [7, 11) is 0. The minimum Gasteiger partial charge on any atom is -0.368 e. The number of rotatable bonds is 3. The summed E-state index contributed by atoms with van der Waals surface area (Å²) in [6.45, 7) is 4.58. The van der Waals surface area contributed by atoms with Crippen molar-refractivity contribution in [1.82, 2.24) is 9.97 Å². The molecule has 0 aliphatic carbocycles. The van der Waals surface area contributed by atoms with E-state index in [9.17, 15) is 18.0 Å². The second kappa shape index (κ2) is 6.93. The van der Waals surface area contributed by atoms with Crippen molar-refractivity contribution in [3.8, 4) is 0 Å². The normalized spacial score (nSPS) is 18.1. The van der Waals surface area contributed by atoms with Gasteiger partial charge in [-0.2, -0.15) is 13.2 Å². The zero-order valence-electron chi connectivity index (χ0n) is 14.5. The fourth-order valence-corrected chi connectivity index (χ4v) is 3.07. The number of hydrogen-bond acceptors (Lipinski definition) is 5. The SMILES string of the molecule is Cc1ccc(Nc2nccc(C(F)(F)F)n2)cc1N1CCC(=O)CC1C. The van der Waals surface area contributed by atoms with E-state index < -0.39 is 11.9 Å². The Labute approximate surface area is 149 Å². The summed E-state index contributed by atoms with van der Waals surface area (Å²) in [5.41, 5.74) is 1.57. The van der Waals surface area contributed by atoms with Crippen molar-refractivity contribution in [2.75, 3.05) is 16.8 Å². The zero-order valence-corrected chi connectivity index (χ0v) is 14.5. The highest BCUT2D eigenvalue weighted by molar-refractivity contribution is 5.82. The van der Waals surface area contributed by atoms with Gasteiger partial charge in [0.25, 0.3) is 0 Å². The van der Waals surface area contributed by atoms with Crippen molar-refractivity contribution >= 4 is 23.1 Å². The zero-order chi connectivity index (χ0) is 18.9. The third kappa shape index (κ3) is 3.95. The lowest BCUT2D eigenvalue weighted by Gasteiger charge is -2.36. The Hall–Kier alpha value is -2.64. The van der Waals surface area contributed by atoms with Crippen LogP contribution in [0.2, 0.25) is 0 Å². The number of alkyl halides is 3. The van der Waals surface area contributed by atoms with Crippen molar-refractivity contribution in [2.24, 2.45) is 0 Å². The summed E-state index contributed by atoms with van der Waals surface area (Å²) in [5.74, 6) is 0.134. The highest BCUT2D eigenvalue weighted by Gasteiger charge is 2.32. The molecule has 1 aromatic heterocycles. The van der Waals surface area contributed by atoms with Crippen LogP contribution in [0, 0.1) is 6.92 Å². The van der Waals surface area contributed by atoms with Gasteiger partial charge in [-0.3, -0.25) is 4.79 Å². The molecular weight excluding hydrogens is 345 g/mol. The van der Waals surface area contributed by atoms with Gasteiger partial charge in [-0.25, -0.2) is 9.97 Å². The number of carbonyl (C=O) groups is 1. The van der Waals surface area contributed by atoms with Crippen LogP contribution in [-0.4, -0.2) is 28.3 Å². The lowest BCUT2D eigenvalue weighted by Crippen LogP contribution is -2.41. The third-order valence-electron chi connectivity index (χ3n) is 4.41. The fraction of sp³-hybridized carbons (Fsp3) is 0.389. The second-order valence-electron chi connectivity index (χ2n) is 6.42. The molecule has 26 heavy (non-hydrogen) atoms. The molecule has 1 atom stereocenters. The minimum absolute atomic E-state index is 0.0787. The molecule has 5 nitrogen and oxygen atoms in total. The molecule has 1 saturated heterocycles. The number of anilines is 3. The lowest BCUT2D eigenvalue weighted by atomic mass is 10.00. The number of ketones is 1. The molecule has 0 spiro atoms. The summed E-state index contributed by atoms with van der Waals surface area (Å²) in [5, 5.41) is 2.83. The first-order chi connectivity index (χ1) is 12.2. The first-order valence-corrected chi connectivity index (χ1v) is 8.30. The quantitative estimate of drug-likeness (QED) is 0.888. The van der Waals surface area contributed by atoms with Crippen molar-refractivity contribution in [1.29, 1.82) is 0 Å². The Kier molecular flexibility index (Phi) is 4.84. The van der Waals surface area contributed by atoms with E-state index in [0.29, 0.717) is 25.1 Å². The lowest BCUT2D eigenvalue weighted by molar-refractivity contribution is -0.141. The van der Waals surface area contributed by atoms with Gasteiger partial charge in [0.1, 0.15) is 11.5 Å². The molecule has 2 heterocycles. The van der Waals surface area contributed by atoms with Gasteiger partial charge < -0.3 is 10.2 Å². The molecule has 1 aliphatic rings. The van der Waals surface area contributed by atoms with E-state index >= 15 is 0 Å². The van der Waals surface area contributed by atoms with Crippen molar-refractivity contribution < 1.29 is 18.0 Å². The van der Waals surface area contributed by atoms with Crippen LogP contribution >= 0.6 is 0 Å². The molecule has 0 amide bonds. The van der Waals surface area contributed by atoms with E-state index in [0.717, 1.165) is 23.5 Å². The van der Waals surface area contributed by atoms with Gasteiger partial charge in [0, 0.05) is 43.0 Å². The topological polar surface area (TPSA) is 58.1 Å². The predicted molar refractivity (Wildman–Crippen MR) is 92.5 cm³/mol. The smallest absolute Gasteiger partial charge is 0.368 e. The van der Waals surface area contributed by atoms with Crippen LogP contribution in [0.1, 0.15) is 31.0 Å². The average Bonchev–Trinajstić information content (AvgIpc) is 2.57. The molecule has 1 unspecified atom stereocenters. The van der Waals surface area contributed by atoms with Crippen LogP contribution in [0.5, 0.6) is 0 Å². The standard InChI is InChI=1S/C18H19F3N4O/c1-11-3-4-13(10-15(11)25-8-6-14(26)9-12(25)2)23-17-22-7-5-16(24-17)18(19,20)21/h3-5,7,10,12H,6,8-9H2,1-2H3,(H,22,23,24).